The molecule has 17 heteroatoms. The summed E-state index contributed by atoms with van der Waals surface area (Å²) in [5.74, 6) is -2.44. The van der Waals surface area contributed by atoms with Gasteiger partial charge in [-0.3, -0.25) is 4.79 Å². The Kier molecular flexibility index (Phi) is 8.95. The maximum absolute atomic E-state index is 13.5. The molecule has 2 heterocycles. The van der Waals surface area contributed by atoms with E-state index in [1.807, 2.05) is 11.6 Å². The van der Waals surface area contributed by atoms with Gasteiger partial charge >= 0.3 is 12.1 Å². The fraction of sp³-hybridized carbons (Fsp3) is 0.207. The van der Waals surface area contributed by atoms with Gasteiger partial charge in [-0.05, 0) is 49.4 Å². The molecule has 1 N–H and O–H groups in total. The van der Waals surface area contributed by atoms with E-state index in [0.29, 0.717) is 5.56 Å². The van der Waals surface area contributed by atoms with Gasteiger partial charge in [-0.25, -0.2) is 22.6 Å². The quantitative estimate of drug-likeness (QED) is 0.0658. The van der Waals surface area contributed by atoms with E-state index in [1.54, 1.807) is 42.5 Å². The number of rotatable bonds is 10. The number of hydrogen-bond donors (Lipinski definition) is 1. The normalized spacial score (nSPS) is 14.0. The standard InChI is InChI=1S/C29H25F3N6O7S/c1-19-7-9-20(10-8-19)25-15-26(29(30,31)32)33-37(25)23-11-13-24(14-12-23)46(42,43)34-27(39)22-16-36(17-22)38(41)35-45-18-44-28(40)21-5-3-2-4-6-21/h2-15,22H,16-18H2,1H3,(H,34,39)/b38-35-. The van der Waals surface area contributed by atoms with E-state index in [4.69, 9.17) is 4.74 Å². The molecule has 0 radical (unpaired) electrons. The molecule has 0 aliphatic carbocycles. The first-order valence-corrected chi connectivity index (χ1v) is 15.0. The maximum Gasteiger partial charge on any atom is 0.435 e. The van der Waals surface area contributed by atoms with Crippen LogP contribution < -0.4 is 4.72 Å². The van der Waals surface area contributed by atoms with Gasteiger partial charge in [0.25, 0.3) is 16.8 Å². The van der Waals surface area contributed by atoms with Gasteiger partial charge in [0.15, 0.2) is 5.69 Å². The van der Waals surface area contributed by atoms with E-state index in [-0.39, 0.29) is 39.9 Å². The van der Waals surface area contributed by atoms with Crippen LogP contribution in [0.4, 0.5) is 13.2 Å². The highest BCUT2D eigenvalue weighted by molar-refractivity contribution is 7.90. The summed E-state index contributed by atoms with van der Waals surface area (Å²) in [6.45, 7) is 0.839. The monoisotopic (exact) mass is 658 g/mol. The SMILES string of the molecule is Cc1ccc(-c2cc(C(F)(F)F)nn2-c2ccc(S(=O)(=O)NC(=O)C3CN(/[N+]([O-])=N/OCOC(=O)c4ccccc4)C3)cc2)cc1. The van der Waals surface area contributed by atoms with Crippen molar-refractivity contribution in [2.45, 2.75) is 18.0 Å². The number of esters is 1. The van der Waals surface area contributed by atoms with E-state index < -0.39 is 46.5 Å². The van der Waals surface area contributed by atoms with Crippen molar-refractivity contribution in [3.05, 3.63) is 107 Å². The predicted octanol–water partition coefficient (Wildman–Crippen LogP) is 4.23. The van der Waals surface area contributed by atoms with Gasteiger partial charge in [-0.2, -0.15) is 18.3 Å². The van der Waals surface area contributed by atoms with Crippen LogP contribution in [0.2, 0.25) is 0 Å². The molecule has 13 nitrogen and oxygen atoms in total. The summed E-state index contributed by atoms with van der Waals surface area (Å²) in [5, 5.41) is 20.0. The summed E-state index contributed by atoms with van der Waals surface area (Å²) in [5.41, 5.74) is 0.826. The van der Waals surface area contributed by atoms with Crippen LogP contribution in [0.1, 0.15) is 21.6 Å². The molecule has 240 valence electrons. The zero-order valence-electron chi connectivity index (χ0n) is 23.9. The Morgan fingerprint density at radius 1 is 1.04 bits per heavy atom. The van der Waals surface area contributed by atoms with E-state index >= 15 is 0 Å². The Morgan fingerprint density at radius 3 is 2.33 bits per heavy atom. The minimum Gasteiger partial charge on any atom is -0.569 e. The van der Waals surface area contributed by atoms with Gasteiger partial charge in [-0.15, -0.1) is 5.01 Å². The van der Waals surface area contributed by atoms with E-state index in [2.05, 4.69) is 15.2 Å². The van der Waals surface area contributed by atoms with Crippen molar-refractivity contribution in [2.75, 3.05) is 19.9 Å². The van der Waals surface area contributed by atoms with Crippen LogP contribution >= 0.6 is 0 Å². The largest absolute Gasteiger partial charge is 0.569 e. The van der Waals surface area contributed by atoms with Gasteiger partial charge in [0.1, 0.15) is 0 Å². The molecule has 3 aromatic carbocycles. The number of carbonyl (C=O) groups excluding carboxylic acids is 2. The molecule has 1 aromatic heterocycles. The molecule has 0 spiro atoms. The number of hydrogen-bond acceptors (Lipinski definition) is 9. The number of amides is 1. The average molecular weight is 659 g/mol. The fourth-order valence-corrected chi connectivity index (χ4v) is 5.35. The molecule has 0 bridgehead atoms. The predicted molar refractivity (Wildman–Crippen MR) is 153 cm³/mol. The molecule has 4 aromatic rings. The van der Waals surface area contributed by atoms with Crippen molar-refractivity contribution >= 4 is 21.9 Å². The second-order valence-corrected chi connectivity index (χ2v) is 11.8. The van der Waals surface area contributed by atoms with Crippen molar-refractivity contribution < 1.29 is 45.7 Å². The Balaban J connectivity index is 1.18. The number of benzene rings is 3. The van der Waals surface area contributed by atoms with Gasteiger partial charge in [-0.1, -0.05) is 48.0 Å². The van der Waals surface area contributed by atoms with Crippen LogP contribution in [-0.4, -0.2) is 59.9 Å². The molecule has 0 saturated carbocycles. The highest BCUT2D eigenvalue weighted by atomic mass is 32.2. The Morgan fingerprint density at radius 2 is 1.70 bits per heavy atom. The third-order valence-corrected chi connectivity index (χ3v) is 8.19. The topological polar surface area (TPSA) is 158 Å². The summed E-state index contributed by atoms with van der Waals surface area (Å²) in [7, 11) is -4.37. The average Bonchev–Trinajstić information content (AvgIpc) is 3.45. The molecule has 1 saturated heterocycles. The van der Waals surface area contributed by atoms with E-state index in [9.17, 15) is 36.4 Å². The second-order valence-electron chi connectivity index (χ2n) is 10.1. The van der Waals surface area contributed by atoms with Crippen LogP contribution in [0, 0.1) is 18.0 Å². The van der Waals surface area contributed by atoms with Crippen molar-refractivity contribution in [1.29, 1.82) is 0 Å². The lowest BCUT2D eigenvalue weighted by Gasteiger charge is -2.32. The zero-order chi connectivity index (χ0) is 33.1. The molecule has 0 atom stereocenters. The number of ether oxygens (including phenoxy) is 1. The van der Waals surface area contributed by atoms with E-state index in [0.717, 1.165) is 33.5 Å². The van der Waals surface area contributed by atoms with Crippen LogP contribution in [0.5, 0.6) is 0 Å². The third-order valence-electron chi connectivity index (χ3n) is 6.83. The zero-order valence-corrected chi connectivity index (χ0v) is 24.7. The lowest BCUT2D eigenvalue weighted by Crippen LogP contribution is -2.56. The highest BCUT2D eigenvalue weighted by Gasteiger charge is 2.40. The molecular formula is C29H25F3N6O7S. The minimum absolute atomic E-state index is 0.0394. The molecule has 1 amide bonds. The summed E-state index contributed by atoms with van der Waals surface area (Å²) >= 11 is 0. The van der Waals surface area contributed by atoms with E-state index in [1.165, 1.54) is 24.3 Å². The summed E-state index contributed by atoms with van der Waals surface area (Å²) in [4.78, 5) is 28.8. The first-order chi connectivity index (χ1) is 21.8. The van der Waals surface area contributed by atoms with Gasteiger partial charge in [0.05, 0.1) is 45.8 Å². The fourth-order valence-electron chi connectivity index (χ4n) is 4.31. The lowest BCUT2D eigenvalue weighted by molar-refractivity contribution is -0.726. The molecule has 46 heavy (non-hydrogen) atoms. The first kappa shape index (κ1) is 32.0. The highest BCUT2D eigenvalue weighted by Crippen LogP contribution is 2.33. The van der Waals surface area contributed by atoms with Crippen LogP contribution in [0.3, 0.4) is 0 Å². The molecule has 0 unspecified atom stereocenters. The minimum atomic E-state index is -4.71. The molecule has 1 fully saturated rings. The number of alkyl halides is 3. The third kappa shape index (κ3) is 7.26. The number of halogens is 3. The molecule has 1 aliphatic rings. The Labute approximate surface area is 260 Å². The number of aromatic nitrogens is 2. The van der Waals surface area contributed by atoms with Gasteiger partial charge in [0, 0.05) is 5.56 Å². The molecular weight excluding hydrogens is 633 g/mol. The van der Waals surface area contributed by atoms with Gasteiger partial charge < -0.3 is 14.8 Å². The lowest BCUT2D eigenvalue weighted by atomic mass is 10.0. The van der Waals surface area contributed by atoms with Crippen LogP contribution in [0.15, 0.2) is 95.1 Å². The number of hydrazine groups is 1. The first-order valence-electron chi connectivity index (χ1n) is 13.5. The van der Waals surface area contributed by atoms with Crippen molar-refractivity contribution in [3.63, 3.8) is 0 Å². The number of nitrogens with one attached hydrogen (secondary N) is 1. The van der Waals surface area contributed by atoms with Gasteiger partial charge in [0.2, 0.25) is 11.2 Å². The van der Waals surface area contributed by atoms with Crippen molar-refractivity contribution in [2.24, 2.45) is 11.2 Å². The van der Waals surface area contributed by atoms with Crippen molar-refractivity contribution in [3.8, 4) is 16.9 Å². The number of aryl methyl sites for hydroxylation is 1. The number of sulfonamides is 1. The Hall–Kier alpha value is -5.45. The number of carbonyl (C=O) groups is 2. The smallest absolute Gasteiger partial charge is 0.435 e. The maximum atomic E-state index is 13.5. The van der Waals surface area contributed by atoms with Crippen LogP contribution in [0.25, 0.3) is 16.9 Å². The number of nitrogens with zero attached hydrogens (tertiary/aromatic N) is 5. The molecule has 1 aliphatic heterocycles. The Bertz CT molecular complexity index is 1860. The summed E-state index contributed by atoms with van der Waals surface area (Å²) < 4.78 is 74.0. The molecule has 5 rings (SSSR count). The second kappa shape index (κ2) is 12.9. The van der Waals surface area contributed by atoms with Crippen molar-refractivity contribution in [1.82, 2.24) is 19.5 Å². The van der Waals surface area contributed by atoms with Crippen LogP contribution in [-0.2, 0) is 30.6 Å². The summed E-state index contributed by atoms with van der Waals surface area (Å²) in [6, 6.07) is 20.5. The summed E-state index contributed by atoms with van der Waals surface area (Å²) in [6.07, 6.45) is -4.71.